The summed E-state index contributed by atoms with van der Waals surface area (Å²) >= 11 is 0. The Morgan fingerprint density at radius 2 is 2.21 bits per heavy atom. The SMILES string of the molecule is CCOC(=O)C1=CCC2CC=CCC12. The Morgan fingerprint density at radius 3 is 3.00 bits per heavy atom. The molecule has 0 saturated heterocycles. The van der Waals surface area contributed by atoms with Gasteiger partial charge < -0.3 is 4.74 Å². The van der Waals surface area contributed by atoms with Gasteiger partial charge in [-0.2, -0.15) is 0 Å². The molecule has 2 aliphatic rings. The standard InChI is InChI=1S/C12H16O2/c1-2-14-12(13)11-8-7-9-5-3-4-6-10(9)11/h3-4,8-10H,2,5-7H2,1H3. The Labute approximate surface area is 84.6 Å². The van der Waals surface area contributed by atoms with Gasteiger partial charge in [-0.1, -0.05) is 18.2 Å². The van der Waals surface area contributed by atoms with E-state index in [1.54, 1.807) is 0 Å². The van der Waals surface area contributed by atoms with Crippen LogP contribution in [-0.4, -0.2) is 12.6 Å². The average molecular weight is 192 g/mol. The first-order chi connectivity index (χ1) is 6.83. The topological polar surface area (TPSA) is 26.3 Å². The second-order valence-corrected chi connectivity index (χ2v) is 3.93. The van der Waals surface area contributed by atoms with Crippen LogP contribution in [0.3, 0.4) is 0 Å². The molecule has 0 heterocycles. The maximum atomic E-state index is 11.6. The van der Waals surface area contributed by atoms with E-state index in [-0.39, 0.29) is 5.97 Å². The van der Waals surface area contributed by atoms with Crippen LogP contribution >= 0.6 is 0 Å². The number of hydrogen-bond acceptors (Lipinski definition) is 2. The predicted molar refractivity (Wildman–Crippen MR) is 54.7 cm³/mol. The van der Waals surface area contributed by atoms with Gasteiger partial charge in [-0.3, -0.25) is 0 Å². The summed E-state index contributed by atoms with van der Waals surface area (Å²) in [6.45, 7) is 2.33. The quantitative estimate of drug-likeness (QED) is 0.496. The van der Waals surface area contributed by atoms with E-state index < -0.39 is 0 Å². The molecule has 0 N–H and O–H groups in total. The molecule has 0 spiro atoms. The second kappa shape index (κ2) is 3.99. The largest absolute Gasteiger partial charge is 0.463 e. The van der Waals surface area contributed by atoms with Crippen LogP contribution in [0.5, 0.6) is 0 Å². The molecule has 0 aromatic carbocycles. The monoisotopic (exact) mass is 192 g/mol. The lowest BCUT2D eigenvalue weighted by molar-refractivity contribution is -0.139. The molecule has 2 heteroatoms. The minimum Gasteiger partial charge on any atom is -0.463 e. The highest BCUT2D eigenvalue weighted by Gasteiger charge is 2.33. The number of ether oxygens (including phenoxy) is 1. The van der Waals surface area contributed by atoms with Gasteiger partial charge in [-0.25, -0.2) is 4.79 Å². The van der Waals surface area contributed by atoms with Gasteiger partial charge in [-0.05, 0) is 38.0 Å². The third kappa shape index (κ3) is 1.61. The van der Waals surface area contributed by atoms with E-state index in [1.807, 2.05) is 6.92 Å². The summed E-state index contributed by atoms with van der Waals surface area (Å²) in [5.41, 5.74) is 0.918. The third-order valence-corrected chi connectivity index (χ3v) is 3.12. The molecule has 2 unspecified atom stereocenters. The molecular formula is C12H16O2. The molecule has 2 aliphatic carbocycles. The zero-order valence-corrected chi connectivity index (χ0v) is 8.53. The molecule has 76 valence electrons. The zero-order valence-electron chi connectivity index (χ0n) is 8.53. The molecular weight excluding hydrogens is 176 g/mol. The van der Waals surface area contributed by atoms with E-state index in [1.165, 1.54) is 0 Å². The van der Waals surface area contributed by atoms with E-state index >= 15 is 0 Å². The lowest BCUT2D eigenvalue weighted by Crippen LogP contribution is -2.19. The van der Waals surface area contributed by atoms with Crippen LogP contribution in [0.4, 0.5) is 0 Å². The maximum Gasteiger partial charge on any atom is 0.333 e. The van der Waals surface area contributed by atoms with Gasteiger partial charge in [0.2, 0.25) is 0 Å². The van der Waals surface area contributed by atoms with Crippen LogP contribution < -0.4 is 0 Å². The summed E-state index contributed by atoms with van der Waals surface area (Å²) in [7, 11) is 0. The van der Waals surface area contributed by atoms with Gasteiger partial charge >= 0.3 is 5.97 Å². The van der Waals surface area contributed by atoms with Crippen molar-refractivity contribution < 1.29 is 9.53 Å². The fourth-order valence-corrected chi connectivity index (χ4v) is 2.39. The zero-order chi connectivity index (χ0) is 9.97. The third-order valence-electron chi connectivity index (χ3n) is 3.12. The van der Waals surface area contributed by atoms with Crippen molar-refractivity contribution in [3.63, 3.8) is 0 Å². The molecule has 0 amide bonds. The molecule has 0 fully saturated rings. The second-order valence-electron chi connectivity index (χ2n) is 3.93. The van der Waals surface area contributed by atoms with E-state index in [9.17, 15) is 4.79 Å². The Kier molecular flexibility index (Phi) is 2.71. The number of fused-ring (bicyclic) bond motifs is 1. The fraction of sp³-hybridized carbons (Fsp3) is 0.583. The van der Waals surface area contributed by atoms with Crippen molar-refractivity contribution in [3.8, 4) is 0 Å². The molecule has 0 radical (unpaired) electrons. The summed E-state index contributed by atoms with van der Waals surface area (Å²) in [6, 6.07) is 0. The average Bonchev–Trinajstić information content (AvgIpc) is 2.61. The summed E-state index contributed by atoms with van der Waals surface area (Å²) in [6.07, 6.45) is 9.64. The van der Waals surface area contributed by atoms with E-state index in [2.05, 4.69) is 18.2 Å². The summed E-state index contributed by atoms with van der Waals surface area (Å²) in [4.78, 5) is 11.6. The lowest BCUT2D eigenvalue weighted by Gasteiger charge is -2.23. The number of allylic oxidation sites excluding steroid dienone is 3. The van der Waals surface area contributed by atoms with Crippen LogP contribution in [0.15, 0.2) is 23.8 Å². The van der Waals surface area contributed by atoms with Crippen LogP contribution in [0.2, 0.25) is 0 Å². The van der Waals surface area contributed by atoms with Crippen molar-refractivity contribution in [1.29, 1.82) is 0 Å². The Bertz CT molecular complexity index is 289. The van der Waals surface area contributed by atoms with Gasteiger partial charge in [0, 0.05) is 5.57 Å². The molecule has 0 bridgehead atoms. The molecule has 0 saturated carbocycles. The minimum atomic E-state index is -0.102. The predicted octanol–water partition coefficient (Wildman–Crippen LogP) is 2.46. The number of carbonyl (C=O) groups excluding carboxylic acids is 1. The van der Waals surface area contributed by atoms with Crippen molar-refractivity contribution in [2.24, 2.45) is 11.8 Å². The molecule has 14 heavy (non-hydrogen) atoms. The highest BCUT2D eigenvalue weighted by Crippen LogP contribution is 2.39. The minimum absolute atomic E-state index is 0.102. The summed E-state index contributed by atoms with van der Waals surface area (Å²) < 4.78 is 5.04. The molecule has 2 atom stereocenters. The van der Waals surface area contributed by atoms with Crippen molar-refractivity contribution in [2.45, 2.75) is 26.2 Å². The van der Waals surface area contributed by atoms with Crippen molar-refractivity contribution in [3.05, 3.63) is 23.8 Å². The molecule has 0 aromatic rings. The van der Waals surface area contributed by atoms with Gasteiger partial charge in [-0.15, -0.1) is 0 Å². The summed E-state index contributed by atoms with van der Waals surface area (Å²) in [5, 5.41) is 0. The molecule has 0 aliphatic heterocycles. The Morgan fingerprint density at radius 1 is 1.43 bits per heavy atom. The highest BCUT2D eigenvalue weighted by atomic mass is 16.5. The van der Waals surface area contributed by atoms with Gasteiger partial charge in [0.05, 0.1) is 6.61 Å². The first kappa shape index (κ1) is 9.50. The molecule has 0 aromatic heterocycles. The van der Waals surface area contributed by atoms with Crippen molar-refractivity contribution in [1.82, 2.24) is 0 Å². The van der Waals surface area contributed by atoms with Gasteiger partial charge in [0.25, 0.3) is 0 Å². The molecule has 2 rings (SSSR count). The van der Waals surface area contributed by atoms with Crippen LogP contribution in [0.1, 0.15) is 26.2 Å². The van der Waals surface area contributed by atoms with Crippen molar-refractivity contribution in [2.75, 3.05) is 6.61 Å². The van der Waals surface area contributed by atoms with Gasteiger partial charge in [0.1, 0.15) is 0 Å². The first-order valence-electron chi connectivity index (χ1n) is 5.35. The van der Waals surface area contributed by atoms with Gasteiger partial charge in [0.15, 0.2) is 0 Å². The fourth-order valence-electron chi connectivity index (χ4n) is 2.39. The van der Waals surface area contributed by atoms with E-state index in [0.717, 1.165) is 24.8 Å². The highest BCUT2D eigenvalue weighted by molar-refractivity contribution is 5.89. The smallest absolute Gasteiger partial charge is 0.333 e. The normalized spacial score (nSPS) is 29.6. The number of rotatable bonds is 2. The van der Waals surface area contributed by atoms with Crippen LogP contribution in [0, 0.1) is 11.8 Å². The van der Waals surface area contributed by atoms with Crippen LogP contribution in [0.25, 0.3) is 0 Å². The van der Waals surface area contributed by atoms with E-state index in [0.29, 0.717) is 18.4 Å². The van der Waals surface area contributed by atoms with Crippen molar-refractivity contribution >= 4 is 5.97 Å². The molecule has 2 nitrogen and oxygen atoms in total. The number of carbonyl (C=O) groups is 1. The summed E-state index contributed by atoms with van der Waals surface area (Å²) in [5.74, 6) is 0.980. The lowest BCUT2D eigenvalue weighted by atomic mass is 9.82. The Hall–Kier alpha value is -1.05. The number of hydrogen-bond donors (Lipinski definition) is 0. The Balaban J connectivity index is 2.06. The first-order valence-corrected chi connectivity index (χ1v) is 5.35. The van der Waals surface area contributed by atoms with E-state index in [4.69, 9.17) is 4.74 Å². The van der Waals surface area contributed by atoms with Crippen LogP contribution in [-0.2, 0) is 9.53 Å². The maximum absolute atomic E-state index is 11.6. The number of esters is 1.